The molecule has 0 aliphatic carbocycles. The summed E-state index contributed by atoms with van der Waals surface area (Å²) >= 11 is 0. The van der Waals surface area contributed by atoms with Gasteiger partial charge in [0, 0.05) is 49.4 Å². The van der Waals surface area contributed by atoms with Crippen molar-refractivity contribution in [3.05, 3.63) is 121 Å². The van der Waals surface area contributed by atoms with Crippen LogP contribution in [0.5, 0.6) is 0 Å². The molecule has 0 fully saturated rings. The van der Waals surface area contributed by atoms with Gasteiger partial charge >= 0.3 is 0 Å². The topological polar surface area (TPSA) is 63.1 Å². The summed E-state index contributed by atoms with van der Waals surface area (Å²) in [6.45, 7) is 16.0. The van der Waals surface area contributed by atoms with E-state index in [1.807, 2.05) is 96.3 Å². The Morgan fingerprint density at radius 1 is 0.723 bits per heavy atom. The summed E-state index contributed by atoms with van der Waals surface area (Å²) in [6, 6.07) is 35.6. The third-order valence-corrected chi connectivity index (χ3v) is 11.9. The van der Waals surface area contributed by atoms with E-state index < -0.39 is 13.5 Å². The number of aliphatic hydroxyl groups excluding tert-OH is 1. The van der Waals surface area contributed by atoms with E-state index in [1.165, 1.54) is 38.2 Å². The van der Waals surface area contributed by atoms with Crippen LogP contribution in [0.25, 0.3) is 43.7 Å². The molecule has 2 aromatic heterocycles. The van der Waals surface area contributed by atoms with E-state index in [9.17, 15) is 9.90 Å². The van der Waals surface area contributed by atoms with Gasteiger partial charge in [-0.15, -0.1) is 64.7 Å². The molecule has 7 rings (SSSR count). The van der Waals surface area contributed by atoms with Crippen LogP contribution in [-0.4, -0.2) is 28.9 Å². The summed E-state index contributed by atoms with van der Waals surface area (Å²) in [6.07, 6.45) is 5.01. The summed E-state index contributed by atoms with van der Waals surface area (Å²) in [5.74, 6) is 0.104. The molecule has 243 valence electrons. The first-order valence-electron chi connectivity index (χ1n) is 15.7. The van der Waals surface area contributed by atoms with E-state index in [1.54, 1.807) is 11.4 Å². The fourth-order valence-corrected chi connectivity index (χ4v) is 8.69. The summed E-state index contributed by atoms with van der Waals surface area (Å²) in [7, 11) is -1.59. The largest absolute Gasteiger partial charge is 0.512 e. The van der Waals surface area contributed by atoms with Gasteiger partial charge in [-0.3, -0.25) is 4.79 Å². The summed E-state index contributed by atoms with van der Waals surface area (Å²) in [5.41, 5.74) is 2.34. The molecular weight excluding hydrogens is 773 g/mol. The molecule has 0 spiro atoms. The van der Waals surface area contributed by atoms with Crippen molar-refractivity contribution in [1.82, 2.24) is 9.97 Å². The fraction of sp³-hybridized carbons (Fsp3) is 0.244. The van der Waals surface area contributed by atoms with Gasteiger partial charge < -0.3 is 15.1 Å². The molecule has 4 nitrogen and oxygen atoms in total. The maximum absolute atomic E-state index is 11.5. The Bertz CT molecular complexity index is 1940. The van der Waals surface area contributed by atoms with E-state index >= 15 is 0 Å². The minimum atomic E-state index is -1.59. The Kier molecular flexibility index (Phi) is 10.7. The molecule has 0 atom stereocenters. The molecule has 6 heteroatoms. The smallest absolute Gasteiger partial charge is 0.164 e. The summed E-state index contributed by atoms with van der Waals surface area (Å²) < 4.78 is 0. The van der Waals surface area contributed by atoms with Crippen LogP contribution in [-0.2, 0) is 24.9 Å². The van der Waals surface area contributed by atoms with Crippen LogP contribution < -0.4 is 10.4 Å². The van der Waals surface area contributed by atoms with Crippen LogP contribution in [0, 0.1) is 23.0 Å². The minimum Gasteiger partial charge on any atom is -0.512 e. The summed E-state index contributed by atoms with van der Waals surface area (Å²) in [5, 5.41) is 19.3. The quantitative estimate of drug-likeness (QED) is 0.0624. The molecule has 0 saturated carbocycles. The second-order valence-corrected chi connectivity index (χ2v) is 18.6. The van der Waals surface area contributed by atoms with Gasteiger partial charge in [-0.1, -0.05) is 107 Å². The second-order valence-electron chi connectivity index (χ2n) is 14.3. The number of carbonyl (C=O) groups is 1. The van der Waals surface area contributed by atoms with Crippen molar-refractivity contribution in [1.29, 1.82) is 0 Å². The Labute approximate surface area is 293 Å². The van der Waals surface area contributed by atoms with E-state index in [4.69, 9.17) is 0 Å². The van der Waals surface area contributed by atoms with Crippen molar-refractivity contribution in [2.75, 3.05) is 0 Å². The predicted molar refractivity (Wildman–Crippen MR) is 195 cm³/mol. The zero-order valence-corrected chi connectivity index (χ0v) is 31.8. The molecule has 3 heterocycles. The number of ketones is 1. The minimum absolute atomic E-state index is 0. The van der Waals surface area contributed by atoms with Crippen molar-refractivity contribution in [2.45, 2.75) is 54.6 Å². The molecule has 1 aliphatic heterocycles. The molecule has 1 N–H and O–H groups in total. The van der Waals surface area contributed by atoms with Crippen LogP contribution in [0.1, 0.15) is 41.5 Å². The van der Waals surface area contributed by atoms with E-state index in [-0.39, 0.29) is 37.1 Å². The first-order valence-corrected chi connectivity index (χ1v) is 18.7. The molecule has 1 radical (unpaired) electrons. The molecule has 1 aliphatic rings. The van der Waals surface area contributed by atoms with Crippen LogP contribution in [0.15, 0.2) is 109 Å². The Hall–Kier alpha value is -3.96. The van der Waals surface area contributed by atoms with Crippen molar-refractivity contribution >= 4 is 56.7 Å². The van der Waals surface area contributed by atoms with Crippen molar-refractivity contribution < 1.29 is 30.0 Å². The number of aliphatic hydroxyl groups is 1. The Balaban J connectivity index is 0.000000169. The van der Waals surface area contributed by atoms with Gasteiger partial charge in [0.2, 0.25) is 0 Å². The number of nitrogens with zero attached hydrogens (tertiary/aromatic N) is 2. The van der Waals surface area contributed by atoms with Crippen LogP contribution in [0.4, 0.5) is 0 Å². The fourth-order valence-electron chi connectivity index (χ4n) is 5.63. The second kappa shape index (κ2) is 14.0. The average molecular weight is 815 g/mol. The molecular formula is C41H42IrN2O2Si-2. The molecule has 6 aromatic rings. The number of benzene rings is 4. The molecule has 0 saturated heterocycles. The van der Waals surface area contributed by atoms with Crippen LogP contribution in [0.2, 0.25) is 13.1 Å². The number of aromatic nitrogens is 2. The number of allylic oxidation sites excluding steroid dienone is 2. The maximum Gasteiger partial charge on any atom is 0.164 e. The van der Waals surface area contributed by atoms with Gasteiger partial charge in [-0.05, 0) is 34.1 Å². The van der Waals surface area contributed by atoms with Crippen molar-refractivity contribution in [3.63, 3.8) is 0 Å². The molecule has 47 heavy (non-hydrogen) atoms. The molecule has 0 unspecified atom stereocenters. The molecule has 0 bridgehead atoms. The standard InChI is InChI=1S/C19H14NSi.C11H8N.C11H20O2.Ir/c1-21(2)15-9-3-6-12-13-8-5-11-20-19(13)14-7-4-10-16(21)18(14)17(12)15;1-2-6-10(7-3-1)11-8-4-5-9-12-11;1-10(2,3)8(12)7-9(13)11(4,5)6;/h3-6,8-11H,1-2H3;1-6,8-9H;7,12H,1-6H3;/q2*-1;;/b;;8-7-;. The maximum atomic E-state index is 11.5. The molecule has 0 amide bonds. The first-order chi connectivity index (χ1) is 21.7. The Morgan fingerprint density at radius 2 is 1.40 bits per heavy atom. The predicted octanol–water partition coefficient (Wildman–Crippen LogP) is 9.11. The average Bonchev–Trinajstić information content (AvgIpc) is 3.28. The van der Waals surface area contributed by atoms with E-state index in [2.05, 4.69) is 71.6 Å². The van der Waals surface area contributed by atoms with Gasteiger partial charge in [0.15, 0.2) is 5.78 Å². The Morgan fingerprint density at radius 3 is 2.04 bits per heavy atom. The molecule has 4 aromatic carbocycles. The van der Waals surface area contributed by atoms with Gasteiger partial charge in [-0.25, -0.2) is 0 Å². The third-order valence-electron chi connectivity index (χ3n) is 8.42. The van der Waals surface area contributed by atoms with E-state index in [0.717, 1.165) is 16.8 Å². The van der Waals surface area contributed by atoms with Gasteiger partial charge in [0.25, 0.3) is 0 Å². The number of fused-ring (bicyclic) bond motifs is 3. The third kappa shape index (κ3) is 7.46. The number of rotatable bonds is 2. The summed E-state index contributed by atoms with van der Waals surface area (Å²) in [4.78, 5) is 20.4. The zero-order valence-electron chi connectivity index (χ0n) is 28.4. The number of carbonyl (C=O) groups excluding carboxylic acids is 1. The van der Waals surface area contributed by atoms with Crippen molar-refractivity contribution in [2.24, 2.45) is 10.8 Å². The monoisotopic (exact) mass is 815 g/mol. The van der Waals surface area contributed by atoms with E-state index in [0.29, 0.717) is 0 Å². The van der Waals surface area contributed by atoms with Crippen LogP contribution in [0.3, 0.4) is 0 Å². The number of pyridine rings is 2. The first kappa shape index (κ1) is 35.9. The normalized spacial score (nSPS) is 13.4. The van der Waals surface area contributed by atoms with Gasteiger partial charge in [-0.2, -0.15) is 0 Å². The van der Waals surface area contributed by atoms with Gasteiger partial charge in [0.1, 0.15) is 5.76 Å². The van der Waals surface area contributed by atoms with Gasteiger partial charge in [0.05, 0.1) is 8.07 Å². The van der Waals surface area contributed by atoms with Crippen molar-refractivity contribution in [3.8, 4) is 11.3 Å². The number of hydrogen-bond donors (Lipinski definition) is 1. The van der Waals surface area contributed by atoms with Crippen LogP contribution >= 0.6 is 0 Å². The SMILES string of the molecule is CC(C)(C)C(=O)/C=C(\O)C(C)(C)C.C[Si]1(C)c2cc[c-]c3c4ncccc4c4cccc1c4c23.[Ir].[c-]1ccccc1-c1ccccn1. The number of hydrogen-bond acceptors (Lipinski definition) is 4. The zero-order chi connectivity index (χ0) is 33.3.